The Morgan fingerprint density at radius 3 is 2.00 bits per heavy atom. The Morgan fingerprint density at radius 2 is 1.67 bits per heavy atom. The number of nitrogens with one attached hydrogen (secondary N) is 1. The minimum Gasteiger partial charge on any atom is -0.394 e. The summed E-state index contributed by atoms with van der Waals surface area (Å²) in [6.07, 6.45) is -4.91. The van der Waals surface area contributed by atoms with E-state index in [1.807, 2.05) is 0 Å². The van der Waals surface area contributed by atoms with E-state index in [0.29, 0.717) is 0 Å². The molecule has 0 heterocycles. The number of hydrogen-bond donors (Lipinski definition) is 5. The predicted molar refractivity (Wildman–Crippen MR) is 54.2 cm³/mol. The van der Waals surface area contributed by atoms with E-state index in [1.165, 1.54) is 6.92 Å². The summed E-state index contributed by atoms with van der Waals surface area (Å²) in [6.45, 7) is 2.82. The zero-order chi connectivity index (χ0) is 12.0. The maximum absolute atomic E-state index is 9.61. The highest BCUT2D eigenvalue weighted by Crippen LogP contribution is 2.07. The molecule has 92 valence electrons. The highest BCUT2D eigenvalue weighted by Gasteiger charge is 2.30. The van der Waals surface area contributed by atoms with Gasteiger partial charge in [-0.3, -0.25) is 5.32 Å². The van der Waals surface area contributed by atoms with Crippen LogP contribution in [0.3, 0.4) is 0 Å². The molecule has 6 nitrogen and oxygen atoms in total. The average molecular weight is 223 g/mol. The largest absolute Gasteiger partial charge is 0.394 e. The molecule has 5 atom stereocenters. The molecule has 0 amide bonds. The van der Waals surface area contributed by atoms with Crippen molar-refractivity contribution in [2.24, 2.45) is 0 Å². The maximum atomic E-state index is 9.61. The molecule has 6 heteroatoms. The van der Waals surface area contributed by atoms with E-state index >= 15 is 0 Å². The van der Waals surface area contributed by atoms with Gasteiger partial charge < -0.3 is 25.2 Å². The molecule has 0 radical (unpaired) electrons. The van der Waals surface area contributed by atoms with Gasteiger partial charge in [-0.25, -0.2) is 0 Å². The molecule has 0 aliphatic carbocycles. The number of likely N-dealkylation sites (N-methyl/N-ethyl adjacent to an activating group) is 1. The Morgan fingerprint density at radius 1 is 1.13 bits per heavy atom. The van der Waals surface area contributed by atoms with Crippen LogP contribution in [0.5, 0.6) is 0 Å². The maximum Gasteiger partial charge on any atom is 0.137 e. The minimum absolute atomic E-state index is 0.185. The molecule has 0 saturated heterocycles. The molecule has 5 N–H and O–H groups in total. The molecule has 0 bridgehead atoms. The van der Waals surface area contributed by atoms with E-state index in [0.717, 1.165) is 0 Å². The lowest BCUT2D eigenvalue weighted by molar-refractivity contribution is -0.148. The quantitative estimate of drug-likeness (QED) is 0.321. The van der Waals surface area contributed by atoms with Crippen molar-refractivity contribution in [1.29, 1.82) is 0 Å². The lowest BCUT2D eigenvalue weighted by Gasteiger charge is -2.29. The van der Waals surface area contributed by atoms with Crippen molar-refractivity contribution in [3.63, 3.8) is 0 Å². The molecule has 0 spiro atoms. The van der Waals surface area contributed by atoms with Crippen LogP contribution in [0.2, 0.25) is 0 Å². The Labute approximate surface area is 89.5 Å². The average Bonchev–Trinajstić information content (AvgIpc) is 2.23. The first kappa shape index (κ1) is 14.8. The fourth-order valence-corrected chi connectivity index (χ4v) is 1.08. The summed E-state index contributed by atoms with van der Waals surface area (Å²) in [7, 11) is 1.55. The lowest BCUT2D eigenvalue weighted by atomic mass is 10.1. The zero-order valence-corrected chi connectivity index (χ0v) is 9.29. The van der Waals surface area contributed by atoms with Crippen molar-refractivity contribution >= 4 is 0 Å². The summed E-state index contributed by atoms with van der Waals surface area (Å²) in [5.41, 5.74) is 0. The van der Waals surface area contributed by atoms with Crippen LogP contribution >= 0.6 is 0 Å². The molecule has 0 aliphatic heterocycles. The smallest absolute Gasteiger partial charge is 0.137 e. The van der Waals surface area contributed by atoms with Crippen LogP contribution < -0.4 is 5.32 Å². The monoisotopic (exact) mass is 223 g/mol. The normalized spacial score (nSPS) is 21.8. The number of rotatable bonds is 7. The fraction of sp³-hybridized carbons (Fsp3) is 1.00. The van der Waals surface area contributed by atoms with Gasteiger partial charge in [0.25, 0.3) is 0 Å². The molecule has 0 saturated carbocycles. The number of aliphatic hydroxyl groups is 4. The molecule has 5 unspecified atom stereocenters. The van der Waals surface area contributed by atoms with Crippen molar-refractivity contribution in [2.45, 2.75) is 44.5 Å². The molecule has 0 fully saturated rings. The lowest BCUT2D eigenvalue weighted by Crippen LogP contribution is -2.51. The van der Waals surface area contributed by atoms with Crippen LogP contribution in [-0.2, 0) is 4.74 Å². The van der Waals surface area contributed by atoms with Crippen molar-refractivity contribution in [2.75, 3.05) is 13.7 Å². The van der Waals surface area contributed by atoms with Gasteiger partial charge in [0.05, 0.1) is 18.8 Å². The highest BCUT2D eigenvalue weighted by molar-refractivity contribution is 4.78. The molecular weight excluding hydrogens is 202 g/mol. The van der Waals surface area contributed by atoms with E-state index in [2.05, 4.69) is 5.32 Å². The molecule has 0 aromatic heterocycles. The second kappa shape index (κ2) is 7.10. The summed E-state index contributed by atoms with van der Waals surface area (Å²) in [5.74, 6) is 0. The zero-order valence-electron chi connectivity index (χ0n) is 9.29. The van der Waals surface area contributed by atoms with E-state index < -0.39 is 30.6 Å². The first-order valence-electron chi connectivity index (χ1n) is 4.91. The minimum atomic E-state index is -1.30. The SMILES string of the molecule is CNC(OC(C)CO)C(O)C(O)C(C)O. The Balaban J connectivity index is 4.26. The van der Waals surface area contributed by atoms with Gasteiger partial charge in [-0.1, -0.05) is 0 Å². The summed E-state index contributed by atoms with van der Waals surface area (Å²) >= 11 is 0. The van der Waals surface area contributed by atoms with Crippen LogP contribution in [0.1, 0.15) is 13.8 Å². The molecule has 0 aromatic rings. The first-order chi connectivity index (χ1) is 6.93. The Bertz CT molecular complexity index is 167. The fourth-order valence-electron chi connectivity index (χ4n) is 1.08. The van der Waals surface area contributed by atoms with Gasteiger partial charge in [0.2, 0.25) is 0 Å². The Hall–Kier alpha value is -0.240. The van der Waals surface area contributed by atoms with Gasteiger partial charge in [0, 0.05) is 0 Å². The van der Waals surface area contributed by atoms with E-state index in [4.69, 9.17) is 14.9 Å². The van der Waals surface area contributed by atoms with E-state index in [1.54, 1.807) is 14.0 Å². The second-order valence-electron chi connectivity index (χ2n) is 3.56. The number of hydrogen-bond acceptors (Lipinski definition) is 6. The number of ether oxygens (including phenoxy) is 1. The standard InChI is InChI=1S/C9H21NO5/c1-5(4-11)15-9(10-3)8(14)7(13)6(2)12/h5-14H,4H2,1-3H3. The van der Waals surface area contributed by atoms with Gasteiger partial charge >= 0.3 is 0 Å². The molecule has 15 heavy (non-hydrogen) atoms. The summed E-state index contributed by atoms with van der Waals surface area (Å²) < 4.78 is 5.20. The van der Waals surface area contributed by atoms with Gasteiger partial charge in [0.15, 0.2) is 0 Å². The molecular formula is C9H21NO5. The highest BCUT2D eigenvalue weighted by atomic mass is 16.5. The second-order valence-corrected chi connectivity index (χ2v) is 3.56. The third-order valence-electron chi connectivity index (χ3n) is 2.07. The van der Waals surface area contributed by atoms with Crippen LogP contribution in [-0.4, -0.2) is 64.7 Å². The predicted octanol–water partition coefficient (Wildman–Crippen LogP) is -1.97. The third kappa shape index (κ3) is 4.87. The van der Waals surface area contributed by atoms with Crippen molar-refractivity contribution in [1.82, 2.24) is 5.32 Å². The first-order valence-corrected chi connectivity index (χ1v) is 4.91. The van der Waals surface area contributed by atoms with Crippen molar-refractivity contribution in [3.8, 4) is 0 Å². The van der Waals surface area contributed by atoms with E-state index in [9.17, 15) is 10.2 Å². The van der Waals surface area contributed by atoms with Crippen LogP contribution in [0.25, 0.3) is 0 Å². The topological polar surface area (TPSA) is 102 Å². The van der Waals surface area contributed by atoms with Crippen LogP contribution in [0, 0.1) is 0 Å². The van der Waals surface area contributed by atoms with Gasteiger partial charge in [-0.05, 0) is 20.9 Å². The van der Waals surface area contributed by atoms with Gasteiger partial charge in [-0.15, -0.1) is 0 Å². The van der Waals surface area contributed by atoms with E-state index in [-0.39, 0.29) is 6.61 Å². The van der Waals surface area contributed by atoms with Gasteiger partial charge in [0.1, 0.15) is 18.4 Å². The number of aliphatic hydroxyl groups excluding tert-OH is 4. The van der Waals surface area contributed by atoms with Crippen molar-refractivity contribution in [3.05, 3.63) is 0 Å². The molecule has 0 rings (SSSR count). The Kier molecular flexibility index (Phi) is 6.99. The molecule has 0 aliphatic rings. The van der Waals surface area contributed by atoms with Gasteiger partial charge in [-0.2, -0.15) is 0 Å². The van der Waals surface area contributed by atoms with Crippen LogP contribution in [0.15, 0.2) is 0 Å². The van der Waals surface area contributed by atoms with Crippen LogP contribution in [0.4, 0.5) is 0 Å². The molecule has 0 aromatic carbocycles. The van der Waals surface area contributed by atoms with Crippen molar-refractivity contribution < 1.29 is 25.2 Å². The third-order valence-corrected chi connectivity index (χ3v) is 2.07. The summed E-state index contributed by atoms with van der Waals surface area (Å²) in [5, 5.41) is 39.5. The summed E-state index contributed by atoms with van der Waals surface area (Å²) in [6, 6.07) is 0. The summed E-state index contributed by atoms with van der Waals surface area (Å²) in [4.78, 5) is 0.